The Morgan fingerprint density at radius 2 is 3.00 bits per heavy atom. The van der Waals surface area contributed by atoms with E-state index >= 15 is 0 Å². The summed E-state index contributed by atoms with van der Waals surface area (Å²) in [6.45, 7) is -7.39. The van der Waals surface area contributed by atoms with Gasteiger partial charge in [-0.1, -0.05) is 20.2 Å². The Morgan fingerprint density at radius 1 is 2.29 bits per heavy atom. The van der Waals surface area contributed by atoms with Crippen LogP contribution in [0.2, 0.25) is 0 Å². The molecular formula is C6H10O. The minimum Gasteiger partial charge on any atom is -0.295 e. The first kappa shape index (κ1) is 0.903. The molecule has 0 atom stereocenters. The summed E-state index contributed by atoms with van der Waals surface area (Å²) in [5.74, 6) is -3.89. The van der Waals surface area contributed by atoms with E-state index in [1.54, 1.807) is 0 Å². The van der Waals surface area contributed by atoms with Crippen LogP contribution in [0.1, 0.15) is 26.0 Å². The number of rotatable bonds is 2. The maximum absolute atomic E-state index is 11.4. The summed E-state index contributed by atoms with van der Waals surface area (Å²) in [4.78, 5) is 11.4. The average Bonchev–Trinajstić information content (AvgIpc) is 1.96. The van der Waals surface area contributed by atoms with Gasteiger partial charge in [0.25, 0.3) is 0 Å². The minimum absolute atomic E-state index is 1.21. The van der Waals surface area contributed by atoms with Crippen molar-refractivity contribution in [3.05, 3.63) is 12.6 Å². The summed E-state index contributed by atoms with van der Waals surface area (Å²) in [5, 5.41) is 0. The highest BCUT2D eigenvalue weighted by molar-refractivity contribution is 5.90. The quantitative estimate of drug-likeness (QED) is 0.487. The molecule has 40 valence electrons. The first-order valence-corrected chi connectivity index (χ1v) is 1.57. The van der Waals surface area contributed by atoms with Gasteiger partial charge in [0.05, 0.1) is 4.11 Å². The summed E-state index contributed by atoms with van der Waals surface area (Å²) in [5.41, 5.74) is 0. The van der Waals surface area contributed by atoms with E-state index in [1.165, 1.54) is 0 Å². The van der Waals surface area contributed by atoms with Crippen LogP contribution in [0.25, 0.3) is 0 Å². The molecule has 0 spiro atoms. The number of ketones is 1. The molecule has 0 rings (SSSR count). The van der Waals surface area contributed by atoms with Crippen LogP contribution >= 0.6 is 0 Å². The second-order valence-corrected chi connectivity index (χ2v) is 0.922. The van der Waals surface area contributed by atoms with Crippen LogP contribution in [0.15, 0.2) is 12.6 Å². The molecule has 0 aromatic rings. The molecule has 0 aliphatic carbocycles. The van der Waals surface area contributed by atoms with Gasteiger partial charge < -0.3 is 0 Å². The molecule has 0 aliphatic heterocycles. The zero-order valence-corrected chi connectivity index (χ0v) is 3.49. The lowest BCUT2D eigenvalue weighted by atomic mass is 10.1. The van der Waals surface area contributed by atoms with Crippen LogP contribution in [0.4, 0.5) is 0 Å². The monoisotopic (exact) mass is 107 g/mol. The molecule has 1 nitrogen and oxygen atoms in total. The molecule has 0 aromatic heterocycles. The van der Waals surface area contributed by atoms with E-state index in [2.05, 4.69) is 0 Å². The molecular weight excluding hydrogens is 88.1 g/mol. The third-order valence-electron chi connectivity index (χ3n) is 0.385. The predicted octanol–water partition coefficient (Wildman–Crippen LogP) is 1.40. The smallest absolute Gasteiger partial charge is 0.157 e. The lowest BCUT2D eigenvalue weighted by molar-refractivity contribution is -0.117. The van der Waals surface area contributed by atoms with Crippen molar-refractivity contribution in [1.82, 2.24) is 0 Å². The third-order valence-corrected chi connectivity index (χ3v) is 0.385. The van der Waals surface area contributed by atoms with Crippen LogP contribution in [0.3, 0.4) is 0 Å². The van der Waals surface area contributed by atoms with E-state index in [9.17, 15) is 4.79 Å². The molecule has 0 saturated heterocycles. The SMILES string of the molecule is [2H]C([2H])=C([2H])C(=O)C(C([2H])([2H])[2H])C([2H])([2H])[2H]. The maximum atomic E-state index is 11.4. The summed E-state index contributed by atoms with van der Waals surface area (Å²) < 4.78 is 62.0. The molecule has 0 saturated carbocycles. The fraction of sp³-hybridized carbons (Fsp3) is 0.500. The van der Waals surface area contributed by atoms with Crippen LogP contribution in [0.5, 0.6) is 0 Å². The Bertz CT molecular complexity index is 291. The largest absolute Gasteiger partial charge is 0.295 e. The van der Waals surface area contributed by atoms with E-state index in [0.717, 1.165) is 0 Å². The van der Waals surface area contributed by atoms with Crippen molar-refractivity contribution in [2.45, 2.75) is 13.7 Å². The minimum atomic E-state index is -3.09. The van der Waals surface area contributed by atoms with E-state index in [1.807, 2.05) is 0 Å². The molecule has 0 aromatic carbocycles. The fourth-order valence-corrected chi connectivity index (χ4v) is 0.0722. The number of carbonyl (C=O) groups is 1. The Hall–Kier alpha value is -0.590. The molecule has 0 unspecified atom stereocenters. The highest BCUT2D eigenvalue weighted by Gasteiger charge is 1.98. The molecule has 0 aliphatic rings. The van der Waals surface area contributed by atoms with Crippen molar-refractivity contribution in [3.8, 4) is 0 Å². The lowest BCUT2D eigenvalue weighted by Gasteiger charge is -1.92. The Kier molecular flexibility index (Phi) is 0.331. The van der Waals surface area contributed by atoms with E-state index < -0.39 is 38.0 Å². The van der Waals surface area contributed by atoms with Gasteiger partial charge in [-0.3, -0.25) is 4.79 Å². The van der Waals surface area contributed by atoms with Gasteiger partial charge in [0.2, 0.25) is 0 Å². The van der Waals surface area contributed by atoms with Crippen molar-refractivity contribution in [1.29, 1.82) is 0 Å². The highest BCUT2D eigenvalue weighted by atomic mass is 16.1. The molecule has 0 bridgehead atoms. The van der Waals surface area contributed by atoms with Crippen LogP contribution < -0.4 is 0 Å². The van der Waals surface area contributed by atoms with Crippen molar-refractivity contribution in [2.75, 3.05) is 0 Å². The molecule has 0 radical (unpaired) electrons. The van der Waals surface area contributed by atoms with Gasteiger partial charge in [-0.15, -0.1) is 0 Å². The molecule has 0 heterocycles. The van der Waals surface area contributed by atoms with Gasteiger partial charge in [0.15, 0.2) is 5.78 Å². The third kappa shape index (κ3) is 2.15. The average molecular weight is 107 g/mol. The van der Waals surface area contributed by atoms with Crippen LogP contribution in [-0.2, 0) is 4.79 Å². The number of hydrogen-bond acceptors (Lipinski definition) is 1. The topological polar surface area (TPSA) is 17.1 Å². The molecule has 7 heavy (non-hydrogen) atoms. The normalized spacial score (nSPS) is 30.7. The first-order chi connectivity index (χ1) is 6.89. The molecule has 1 heteroatoms. The second-order valence-electron chi connectivity index (χ2n) is 0.922. The zero-order valence-electron chi connectivity index (χ0n) is 12.5. The number of carbonyl (C=O) groups excluding carboxylic acids is 1. The van der Waals surface area contributed by atoms with Crippen molar-refractivity contribution < 1.29 is 17.1 Å². The van der Waals surface area contributed by atoms with Crippen molar-refractivity contribution >= 4 is 5.78 Å². The second kappa shape index (κ2) is 2.56. The summed E-state index contributed by atoms with van der Waals surface area (Å²) in [7, 11) is 0. The highest BCUT2D eigenvalue weighted by Crippen LogP contribution is 1.92. The van der Waals surface area contributed by atoms with Crippen LogP contribution in [0, 0.1) is 5.92 Å². The van der Waals surface area contributed by atoms with Crippen molar-refractivity contribution in [3.63, 3.8) is 0 Å². The lowest BCUT2D eigenvalue weighted by Crippen LogP contribution is -2.00. The molecule has 0 N–H and O–H groups in total. The predicted molar refractivity (Wildman–Crippen MR) is 30.0 cm³/mol. The summed E-state index contributed by atoms with van der Waals surface area (Å²) in [6.07, 6.45) is 0. The summed E-state index contributed by atoms with van der Waals surface area (Å²) >= 11 is 0. The van der Waals surface area contributed by atoms with E-state index in [-0.39, 0.29) is 0 Å². The standard InChI is InChI=1S/C6H10O/c1-4-6(7)5(2)3/h4-5H,1H2,2-3H3/i1D2,2D3,3D3,4D. The molecule has 0 amide bonds. The molecule has 0 fully saturated rings. The van der Waals surface area contributed by atoms with Gasteiger partial charge in [-0.25, -0.2) is 0 Å². The van der Waals surface area contributed by atoms with Gasteiger partial charge in [-0.05, 0) is 6.05 Å². The van der Waals surface area contributed by atoms with Gasteiger partial charge in [0, 0.05) is 14.1 Å². The first-order valence-electron chi connectivity index (χ1n) is 6.07. The Morgan fingerprint density at radius 3 is 3.43 bits per heavy atom. The maximum Gasteiger partial charge on any atom is 0.157 e. The Balaban J connectivity index is 5.43. The summed E-state index contributed by atoms with van der Waals surface area (Å²) in [6, 6.07) is -1.21. The Labute approximate surface area is 56.7 Å². The van der Waals surface area contributed by atoms with Gasteiger partial charge in [-0.2, -0.15) is 0 Å². The van der Waals surface area contributed by atoms with Crippen molar-refractivity contribution in [2.24, 2.45) is 5.92 Å². The van der Waals surface area contributed by atoms with E-state index in [0.29, 0.717) is 0 Å². The number of hydrogen-bond donors (Lipinski definition) is 0. The van der Waals surface area contributed by atoms with Crippen LogP contribution in [-0.4, -0.2) is 5.78 Å². The number of allylic oxidation sites excluding steroid dienone is 1. The zero-order chi connectivity index (χ0) is 13.3. The van der Waals surface area contributed by atoms with Gasteiger partial charge in [0.1, 0.15) is 0 Å². The fourth-order valence-electron chi connectivity index (χ4n) is 0.0722. The van der Waals surface area contributed by atoms with E-state index in [4.69, 9.17) is 12.3 Å². The van der Waals surface area contributed by atoms with Gasteiger partial charge >= 0.3 is 0 Å².